The van der Waals surface area contributed by atoms with Gasteiger partial charge in [-0.2, -0.15) is 0 Å². The van der Waals surface area contributed by atoms with E-state index in [9.17, 15) is 9.59 Å². The lowest BCUT2D eigenvalue weighted by atomic mass is 10.1. The van der Waals surface area contributed by atoms with Crippen LogP contribution >= 0.6 is 0 Å². The summed E-state index contributed by atoms with van der Waals surface area (Å²) >= 11 is 0. The Kier molecular flexibility index (Phi) is 4.04. The van der Waals surface area contributed by atoms with Gasteiger partial charge in [-0.25, -0.2) is 9.97 Å². The molecule has 3 aromatic rings. The highest BCUT2D eigenvalue weighted by Gasteiger charge is 2.28. The third kappa shape index (κ3) is 3.11. The molecule has 1 saturated heterocycles. The zero-order valence-electron chi connectivity index (χ0n) is 14.6. The molecule has 1 aromatic carbocycles. The van der Waals surface area contributed by atoms with E-state index in [2.05, 4.69) is 19.9 Å². The topological polar surface area (TPSA) is 104 Å². The van der Waals surface area contributed by atoms with E-state index in [4.69, 9.17) is 4.74 Å². The van der Waals surface area contributed by atoms with Crippen molar-refractivity contribution < 1.29 is 9.53 Å². The van der Waals surface area contributed by atoms with Crippen LogP contribution in [0.3, 0.4) is 0 Å². The molecule has 0 aliphatic carbocycles. The summed E-state index contributed by atoms with van der Waals surface area (Å²) in [4.78, 5) is 40.8. The maximum absolute atomic E-state index is 12.9. The first-order valence-electron chi connectivity index (χ1n) is 8.45. The molecule has 1 amide bonds. The number of aryl methyl sites for hydroxylation is 2. The van der Waals surface area contributed by atoms with E-state index in [0.29, 0.717) is 36.8 Å². The summed E-state index contributed by atoms with van der Waals surface area (Å²) < 4.78 is 5.72. The van der Waals surface area contributed by atoms with Crippen LogP contribution in [0.1, 0.15) is 33.8 Å². The van der Waals surface area contributed by atoms with Crippen molar-refractivity contribution in [3.8, 4) is 0 Å². The van der Waals surface area contributed by atoms with Gasteiger partial charge in [0.05, 0.1) is 24.2 Å². The highest BCUT2D eigenvalue weighted by atomic mass is 16.5. The summed E-state index contributed by atoms with van der Waals surface area (Å²) in [6.45, 7) is 4.85. The van der Waals surface area contributed by atoms with Crippen molar-refractivity contribution >= 4 is 16.9 Å². The molecule has 8 nitrogen and oxygen atoms in total. The fourth-order valence-electron chi connectivity index (χ4n) is 3.21. The van der Waals surface area contributed by atoms with Crippen molar-refractivity contribution in [2.75, 3.05) is 19.7 Å². The molecule has 2 aromatic heterocycles. The Bertz CT molecular complexity index is 1040. The van der Waals surface area contributed by atoms with E-state index in [0.717, 1.165) is 16.9 Å². The number of fused-ring (bicyclic) bond motifs is 1. The molecule has 0 unspecified atom stereocenters. The number of H-pyrrole nitrogens is 2. The van der Waals surface area contributed by atoms with Crippen molar-refractivity contribution in [3.05, 3.63) is 57.5 Å². The van der Waals surface area contributed by atoms with Crippen molar-refractivity contribution in [1.29, 1.82) is 0 Å². The number of carbonyl (C=O) groups is 1. The number of nitrogens with zero attached hydrogens (tertiary/aromatic N) is 3. The molecule has 0 radical (unpaired) electrons. The second-order valence-corrected chi connectivity index (χ2v) is 6.44. The van der Waals surface area contributed by atoms with Gasteiger partial charge in [0.15, 0.2) is 0 Å². The summed E-state index contributed by atoms with van der Waals surface area (Å²) in [6, 6.07) is 6.86. The third-order valence-electron chi connectivity index (χ3n) is 4.39. The van der Waals surface area contributed by atoms with E-state index in [1.54, 1.807) is 17.9 Å². The number of morpholine rings is 1. The van der Waals surface area contributed by atoms with Gasteiger partial charge >= 0.3 is 0 Å². The molecular formula is C18H19N5O3. The number of rotatable bonds is 2. The minimum Gasteiger partial charge on any atom is -0.367 e. The zero-order chi connectivity index (χ0) is 18.3. The standard InChI is InChI=1S/C18H19N5O3/c1-10-7-16(24)22-17(19-10)15-9-23(5-6-26-15)18(25)12-3-4-13-14(8-12)21-11(2)20-13/h3-4,7-8,15H,5-6,9H2,1-2H3,(H,20,21)(H,19,22,24)/t15-/m1/s1. The van der Waals surface area contributed by atoms with Gasteiger partial charge in [-0.1, -0.05) is 0 Å². The number of imidazole rings is 1. The Morgan fingerprint density at radius 2 is 2.08 bits per heavy atom. The van der Waals surface area contributed by atoms with Gasteiger partial charge in [-0.3, -0.25) is 9.59 Å². The number of ether oxygens (including phenoxy) is 1. The predicted molar refractivity (Wildman–Crippen MR) is 95.0 cm³/mol. The van der Waals surface area contributed by atoms with Crippen LogP contribution in [0.5, 0.6) is 0 Å². The van der Waals surface area contributed by atoms with Crippen molar-refractivity contribution in [3.63, 3.8) is 0 Å². The van der Waals surface area contributed by atoms with Crippen LogP contribution in [-0.2, 0) is 4.74 Å². The molecule has 1 aliphatic rings. The highest BCUT2D eigenvalue weighted by molar-refractivity contribution is 5.97. The smallest absolute Gasteiger partial charge is 0.254 e. The van der Waals surface area contributed by atoms with Gasteiger partial charge in [0, 0.05) is 23.9 Å². The molecule has 4 rings (SSSR count). The second kappa shape index (κ2) is 6.38. The number of carbonyl (C=O) groups excluding carboxylic acids is 1. The van der Waals surface area contributed by atoms with Gasteiger partial charge in [-0.15, -0.1) is 0 Å². The van der Waals surface area contributed by atoms with Crippen LogP contribution in [-0.4, -0.2) is 50.4 Å². The van der Waals surface area contributed by atoms with Crippen LogP contribution in [0.25, 0.3) is 11.0 Å². The minimum atomic E-state index is -0.446. The largest absolute Gasteiger partial charge is 0.367 e. The predicted octanol–water partition coefficient (Wildman–Crippen LogP) is 1.48. The van der Waals surface area contributed by atoms with Gasteiger partial charge in [0.1, 0.15) is 17.8 Å². The Balaban J connectivity index is 1.58. The molecule has 26 heavy (non-hydrogen) atoms. The van der Waals surface area contributed by atoms with Gasteiger partial charge in [0.25, 0.3) is 11.5 Å². The van der Waals surface area contributed by atoms with E-state index >= 15 is 0 Å². The van der Waals surface area contributed by atoms with E-state index < -0.39 is 6.10 Å². The number of aromatic amines is 2. The lowest BCUT2D eigenvalue weighted by Gasteiger charge is -2.32. The SMILES string of the molecule is Cc1cc(=O)[nH]c([C@H]2CN(C(=O)c3ccc4nc(C)[nH]c4c3)CCO2)n1. The number of benzene rings is 1. The maximum Gasteiger partial charge on any atom is 0.254 e. The fourth-order valence-corrected chi connectivity index (χ4v) is 3.21. The highest BCUT2D eigenvalue weighted by Crippen LogP contribution is 2.21. The van der Waals surface area contributed by atoms with Crippen molar-refractivity contribution in [2.45, 2.75) is 20.0 Å². The lowest BCUT2D eigenvalue weighted by Crippen LogP contribution is -2.43. The molecule has 0 bridgehead atoms. The fraction of sp³-hybridized carbons (Fsp3) is 0.333. The second-order valence-electron chi connectivity index (χ2n) is 6.44. The molecule has 3 heterocycles. The summed E-state index contributed by atoms with van der Waals surface area (Å²) in [5.41, 5.74) is 2.66. The molecule has 2 N–H and O–H groups in total. The first-order valence-corrected chi connectivity index (χ1v) is 8.45. The Labute approximate surface area is 149 Å². The Morgan fingerprint density at radius 3 is 2.88 bits per heavy atom. The molecule has 1 atom stereocenters. The summed E-state index contributed by atoms with van der Waals surface area (Å²) in [5, 5.41) is 0. The van der Waals surface area contributed by atoms with E-state index in [-0.39, 0.29) is 11.5 Å². The Hall–Kier alpha value is -3.00. The van der Waals surface area contributed by atoms with Gasteiger partial charge in [0.2, 0.25) is 0 Å². The van der Waals surface area contributed by atoms with Crippen molar-refractivity contribution in [1.82, 2.24) is 24.8 Å². The van der Waals surface area contributed by atoms with Crippen molar-refractivity contribution in [2.24, 2.45) is 0 Å². The number of hydrogen-bond acceptors (Lipinski definition) is 5. The minimum absolute atomic E-state index is 0.0811. The summed E-state index contributed by atoms with van der Waals surface area (Å²) in [5.74, 6) is 1.18. The molecule has 0 spiro atoms. The monoisotopic (exact) mass is 353 g/mol. The first-order chi connectivity index (χ1) is 12.5. The summed E-state index contributed by atoms with van der Waals surface area (Å²) in [7, 11) is 0. The molecule has 8 heteroatoms. The number of amides is 1. The molecular weight excluding hydrogens is 334 g/mol. The molecule has 1 aliphatic heterocycles. The number of hydrogen-bond donors (Lipinski definition) is 2. The van der Waals surface area contributed by atoms with E-state index in [1.807, 2.05) is 19.1 Å². The molecule has 0 saturated carbocycles. The average Bonchev–Trinajstić information content (AvgIpc) is 2.99. The quantitative estimate of drug-likeness (QED) is 0.726. The summed E-state index contributed by atoms with van der Waals surface area (Å²) in [6.07, 6.45) is -0.446. The molecule has 134 valence electrons. The van der Waals surface area contributed by atoms with Gasteiger partial charge in [-0.05, 0) is 32.0 Å². The third-order valence-corrected chi connectivity index (χ3v) is 4.39. The zero-order valence-corrected chi connectivity index (χ0v) is 14.6. The van der Waals surface area contributed by atoms with Crippen LogP contribution in [0.2, 0.25) is 0 Å². The normalized spacial score (nSPS) is 17.6. The first kappa shape index (κ1) is 16.5. The average molecular weight is 353 g/mol. The van der Waals surface area contributed by atoms with Crippen LogP contribution in [0, 0.1) is 13.8 Å². The number of nitrogens with one attached hydrogen (secondary N) is 2. The molecule has 1 fully saturated rings. The van der Waals surface area contributed by atoms with Crippen LogP contribution in [0.15, 0.2) is 29.1 Å². The van der Waals surface area contributed by atoms with Gasteiger partial charge < -0.3 is 19.6 Å². The van der Waals surface area contributed by atoms with Crippen LogP contribution in [0.4, 0.5) is 0 Å². The van der Waals surface area contributed by atoms with E-state index in [1.165, 1.54) is 6.07 Å². The van der Waals surface area contributed by atoms with Crippen LogP contribution < -0.4 is 5.56 Å². The lowest BCUT2D eigenvalue weighted by molar-refractivity contribution is -0.0269. The maximum atomic E-state index is 12.9. The Morgan fingerprint density at radius 1 is 1.23 bits per heavy atom. The number of aromatic nitrogens is 4.